The molecule has 0 N–H and O–H groups in total. The zero-order valence-electron chi connectivity index (χ0n) is 17.1. The van der Waals surface area contributed by atoms with Gasteiger partial charge in [0.25, 0.3) is 0 Å². The Bertz CT molecular complexity index is 677. The lowest BCUT2D eigenvalue weighted by atomic mass is 9.40. The number of hydrogen-bond acceptors (Lipinski definition) is 3. The van der Waals surface area contributed by atoms with Crippen LogP contribution in [0.25, 0.3) is 0 Å². The first-order valence-corrected chi connectivity index (χ1v) is 10.5. The molecule has 144 valence electrons. The second-order valence-electron chi connectivity index (χ2n) is 10.3. The van der Waals surface area contributed by atoms with Gasteiger partial charge >= 0.3 is 5.97 Å². The van der Waals surface area contributed by atoms with E-state index in [4.69, 9.17) is 4.74 Å². The summed E-state index contributed by atoms with van der Waals surface area (Å²) < 4.78 is 5.24. The normalized spacial score (nSPS) is 47.2. The fourth-order valence-electron chi connectivity index (χ4n) is 7.65. The van der Waals surface area contributed by atoms with Crippen molar-refractivity contribution in [1.29, 1.82) is 0 Å². The number of carbonyl (C=O) groups is 2. The Morgan fingerprint density at radius 1 is 1.27 bits per heavy atom. The highest BCUT2D eigenvalue weighted by Crippen LogP contribution is 2.67. The molecule has 3 saturated carbocycles. The van der Waals surface area contributed by atoms with E-state index >= 15 is 0 Å². The molecule has 4 rings (SSSR count). The van der Waals surface area contributed by atoms with Crippen LogP contribution < -0.4 is 0 Å². The molecule has 0 bridgehead atoms. The second kappa shape index (κ2) is 5.69. The van der Waals surface area contributed by atoms with Crippen molar-refractivity contribution in [3.63, 3.8) is 0 Å². The van der Waals surface area contributed by atoms with E-state index in [9.17, 15) is 9.59 Å². The summed E-state index contributed by atoms with van der Waals surface area (Å²) in [7, 11) is 1.53. The van der Waals surface area contributed by atoms with Gasteiger partial charge in [-0.3, -0.25) is 9.59 Å². The highest BCUT2D eigenvalue weighted by Gasteiger charge is 2.64. The lowest BCUT2D eigenvalue weighted by Crippen LogP contribution is -2.60. The number of hydrogen-bond donors (Lipinski definition) is 0. The molecule has 0 radical (unpaired) electrons. The molecule has 4 aliphatic carbocycles. The molecular formula is C23H34O3. The number of rotatable bonds is 2. The molecule has 4 aliphatic rings. The maximum Gasteiger partial charge on any atom is 0.311 e. The number of fused-ring (bicyclic) bond motifs is 4. The first-order valence-electron chi connectivity index (χ1n) is 10.5. The third kappa shape index (κ3) is 2.06. The van der Waals surface area contributed by atoms with Gasteiger partial charge in [-0.2, -0.15) is 0 Å². The van der Waals surface area contributed by atoms with E-state index in [0.717, 1.165) is 38.5 Å². The average Bonchev–Trinajstić information content (AvgIpc) is 2.59. The molecule has 0 amide bonds. The summed E-state index contributed by atoms with van der Waals surface area (Å²) in [5.41, 5.74) is 1.15. The van der Waals surface area contributed by atoms with Gasteiger partial charge in [0.2, 0.25) is 0 Å². The van der Waals surface area contributed by atoms with Crippen molar-refractivity contribution in [2.24, 2.45) is 39.9 Å². The van der Waals surface area contributed by atoms with Gasteiger partial charge < -0.3 is 4.74 Å². The number of allylic oxidation sites excluding steroid dienone is 2. The second-order valence-corrected chi connectivity index (χ2v) is 10.3. The summed E-state index contributed by atoms with van der Waals surface area (Å²) in [6, 6.07) is 0. The Morgan fingerprint density at radius 3 is 2.62 bits per heavy atom. The maximum absolute atomic E-state index is 12.7. The number of ether oxygens (including phenoxy) is 1. The standard InChI is InChI=1S/C23H34O3/c1-14(2)23-13-15-7-8-18-21(3,17(15)11-16(23)12-19(23)24)9-6-10-22(18,4)20(25)26-5/h13-14,16-18H,6-12H2,1-5H3/t16-,17+,18-,21-,22-,23+/m1/s1. The molecule has 3 fully saturated rings. The monoisotopic (exact) mass is 358 g/mol. The van der Waals surface area contributed by atoms with Gasteiger partial charge in [-0.05, 0) is 68.1 Å². The quantitative estimate of drug-likeness (QED) is 0.518. The molecule has 0 aliphatic heterocycles. The summed E-state index contributed by atoms with van der Waals surface area (Å²) in [6.45, 7) is 9.00. The van der Waals surface area contributed by atoms with Crippen molar-refractivity contribution in [2.45, 2.75) is 72.6 Å². The molecule has 26 heavy (non-hydrogen) atoms. The minimum absolute atomic E-state index is 0.0213. The Balaban J connectivity index is 1.73. The summed E-state index contributed by atoms with van der Waals surface area (Å²) in [6.07, 6.45) is 9.65. The zero-order valence-corrected chi connectivity index (χ0v) is 17.1. The molecule has 0 heterocycles. The minimum Gasteiger partial charge on any atom is -0.469 e. The van der Waals surface area contributed by atoms with Crippen molar-refractivity contribution in [3.05, 3.63) is 11.6 Å². The van der Waals surface area contributed by atoms with Crippen molar-refractivity contribution < 1.29 is 14.3 Å². The molecule has 3 nitrogen and oxygen atoms in total. The Labute approximate surface area is 157 Å². The van der Waals surface area contributed by atoms with Crippen LogP contribution >= 0.6 is 0 Å². The third-order valence-corrected chi connectivity index (χ3v) is 9.08. The van der Waals surface area contributed by atoms with Crippen LogP contribution in [0, 0.1) is 39.9 Å². The summed E-state index contributed by atoms with van der Waals surface area (Å²) in [4.78, 5) is 25.3. The van der Waals surface area contributed by atoms with Crippen molar-refractivity contribution in [3.8, 4) is 0 Å². The van der Waals surface area contributed by atoms with E-state index in [1.54, 1.807) is 0 Å². The summed E-state index contributed by atoms with van der Waals surface area (Å²) in [5.74, 6) is 2.26. The fourth-order valence-corrected chi connectivity index (χ4v) is 7.65. The van der Waals surface area contributed by atoms with Gasteiger partial charge in [-0.1, -0.05) is 38.8 Å². The zero-order chi connectivity index (χ0) is 18.9. The largest absolute Gasteiger partial charge is 0.469 e. The Hall–Kier alpha value is -1.12. The smallest absolute Gasteiger partial charge is 0.311 e. The number of ketones is 1. The summed E-state index contributed by atoms with van der Waals surface area (Å²) >= 11 is 0. The van der Waals surface area contributed by atoms with Crippen LogP contribution in [0.1, 0.15) is 72.6 Å². The predicted molar refractivity (Wildman–Crippen MR) is 101 cm³/mol. The Kier molecular flexibility index (Phi) is 3.99. The lowest BCUT2D eigenvalue weighted by Gasteiger charge is -2.62. The van der Waals surface area contributed by atoms with Crippen LogP contribution in [0.15, 0.2) is 11.6 Å². The van der Waals surface area contributed by atoms with E-state index in [1.807, 2.05) is 0 Å². The van der Waals surface area contributed by atoms with Crippen LogP contribution in [-0.2, 0) is 14.3 Å². The van der Waals surface area contributed by atoms with Gasteiger partial charge in [0, 0.05) is 6.42 Å². The molecule has 0 spiro atoms. The van der Waals surface area contributed by atoms with E-state index in [0.29, 0.717) is 29.5 Å². The molecule has 0 saturated heterocycles. The first kappa shape index (κ1) is 18.3. The van der Waals surface area contributed by atoms with Crippen LogP contribution in [0.4, 0.5) is 0 Å². The van der Waals surface area contributed by atoms with Gasteiger partial charge in [0.15, 0.2) is 0 Å². The van der Waals surface area contributed by atoms with Crippen molar-refractivity contribution in [1.82, 2.24) is 0 Å². The topological polar surface area (TPSA) is 43.4 Å². The molecule has 3 heteroatoms. The van der Waals surface area contributed by atoms with Crippen LogP contribution in [0.3, 0.4) is 0 Å². The van der Waals surface area contributed by atoms with Gasteiger partial charge in [-0.25, -0.2) is 0 Å². The number of carbonyl (C=O) groups excluding carboxylic acids is 2. The van der Waals surface area contributed by atoms with Crippen molar-refractivity contribution >= 4 is 11.8 Å². The average molecular weight is 359 g/mol. The van der Waals surface area contributed by atoms with Crippen LogP contribution in [0.5, 0.6) is 0 Å². The first-order chi connectivity index (χ1) is 12.2. The lowest BCUT2D eigenvalue weighted by molar-refractivity contribution is -0.170. The molecule has 0 aromatic carbocycles. The van der Waals surface area contributed by atoms with Gasteiger partial charge in [0.05, 0.1) is 17.9 Å². The molecule has 0 unspecified atom stereocenters. The third-order valence-electron chi connectivity index (χ3n) is 9.08. The summed E-state index contributed by atoms with van der Waals surface area (Å²) in [5, 5.41) is 0. The SMILES string of the molecule is COC(=O)[C@]1(C)CCC[C@@]2(C)[C@H]1CCC1=C[C@@]3(C(C)C)C(=O)C[C@H]3C[C@@H]12. The number of Topliss-reactive ketones (excluding diaryl/α,β-unsaturated/α-hetero) is 1. The van der Waals surface area contributed by atoms with Gasteiger partial charge in [0.1, 0.15) is 5.78 Å². The van der Waals surface area contributed by atoms with E-state index in [-0.39, 0.29) is 22.2 Å². The van der Waals surface area contributed by atoms with Crippen molar-refractivity contribution in [2.75, 3.05) is 7.11 Å². The number of esters is 1. The van der Waals surface area contributed by atoms with Crippen LogP contribution in [0.2, 0.25) is 0 Å². The minimum atomic E-state index is -0.352. The van der Waals surface area contributed by atoms with Gasteiger partial charge in [-0.15, -0.1) is 0 Å². The molecule has 0 aromatic heterocycles. The van der Waals surface area contributed by atoms with Crippen LogP contribution in [-0.4, -0.2) is 18.9 Å². The number of methoxy groups -OCH3 is 1. The van der Waals surface area contributed by atoms with E-state index < -0.39 is 0 Å². The highest BCUT2D eigenvalue weighted by atomic mass is 16.5. The molecule has 6 atom stereocenters. The fraction of sp³-hybridized carbons (Fsp3) is 0.826. The highest BCUT2D eigenvalue weighted by molar-refractivity contribution is 5.94. The maximum atomic E-state index is 12.7. The van der Waals surface area contributed by atoms with E-state index in [2.05, 4.69) is 33.8 Å². The van der Waals surface area contributed by atoms with E-state index in [1.165, 1.54) is 19.1 Å². The molecular weight excluding hydrogens is 324 g/mol. The molecule has 0 aromatic rings. The predicted octanol–water partition coefficient (Wildman–Crippen LogP) is 4.94. The Morgan fingerprint density at radius 2 is 2.00 bits per heavy atom.